The van der Waals surface area contributed by atoms with Crippen molar-refractivity contribution in [1.82, 2.24) is 9.80 Å². The number of hydrogen-bond donors (Lipinski definition) is 3. The molecule has 1 aliphatic rings. The van der Waals surface area contributed by atoms with E-state index in [0.29, 0.717) is 10.6 Å². The molecule has 0 radical (unpaired) electrons. The number of thiophene rings is 1. The molecule has 0 aliphatic carbocycles. The first-order chi connectivity index (χ1) is 14.4. The molecule has 3 rings (SSSR count). The molecule has 0 saturated carbocycles. The average molecular weight is 426 g/mol. The van der Waals surface area contributed by atoms with E-state index in [4.69, 9.17) is 5.41 Å². The Hall–Kier alpha value is -2.97. The highest BCUT2D eigenvalue weighted by atomic mass is 32.1. The third-order valence-corrected chi connectivity index (χ3v) is 5.80. The Morgan fingerprint density at radius 3 is 2.60 bits per heavy atom. The number of nitrogens with one attached hydrogen (secondary N) is 3. The standard InChI is InChI=1S/C22H27N5O2S/c1-16(28)25-18-6-3-5-17(15-18)24-11-8-21(23)27(19-9-12-26(2)13-10-19)22(29)20-7-4-14-30-20/h3-8,11,14-15,19,23-24H,9-10,12-13H2,1-2H3,(H,25,28)/b11-8-,23-21?. The number of anilines is 2. The summed E-state index contributed by atoms with van der Waals surface area (Å²) in [4.78, 5) is 28.8. The minimum atomic E-state index is -0.134. The van der Waals surface area contributed by atoms with Crippen LogP contribution in [0.4, 0.5) is 11.4 Å². The largest absolute Gasteiger partial charge is 0.361 e. The van der Waals surface area contributed by atoms with Crippen LogP contribution in [0.5, 0.6) is 0 Å². The number of amides is 2. The van der Waals surface area contributed by atoms with Gasteiger partial charge < -0.3 is 15.5 Å². The van der Waals surface area contributed by atoms with Crippen molar-refractivity contribution in [3.63, 3.8) is 0 Å². The summed E-state index contributed by atoms with van der Waals surface area (Å²) < 4.78 is 0. The molecule has 30 heavy (non-hydrogen) atoms. The van der Waals surface area contributed by atoms with Crippen LogP contribution in [0.3, 0.4) is 0 Å². The summed E-state index contributed by atoms with van der Waals surface area (Å²) in [6.45, 7) is 3.28. The Morgan fingerprint density at radius 1 is 1.20 bits per heavy atom. The number of nitrogens with zero attached hydrogens (tertiary/aromatic N) is 2. The van der Waals surface area contributed by atoms with Gasteiger partial charge in [-0.1, -0.05) is 12.1 Å². The molecule has 1 aromatic carbocycles. The third-order valence-electron chi connectivity index (χ3n) is 4.94. The van der Waals surface area contributed by atoms with Crippen LogP contribution in [0, 0.1) is 5.41 Å². The third kappa shape index (κ3) is 5.77. The lowest BCUT2D eigenvalue weighted by atomic mass is 10.0. The van der Waals surface area contributed by atoms with E-state index in [1.54, 1.807) is 35.4 Å². The quantitative estimate of drug-likeness (QED) is 0.485. The molecule has 0 bridgehead atoms. The Bertz CT molecular complexity index is 917. The predicted molar refractivity (Wildman–Crippen MR) is 122 cm³/mol. The minimum Gasteiger partial charge on any atom is -0.361 e. The second-order valence-electron chi connectivity index (χ2n) is 7.31. The van der Waals surface area contributed by atoms with E-state index in [1.165, 1.54) is 18.3 Å². The van der Waals surface area contributed by atoms with Crippen molar-refractivity contribution >= 4 is 40.4 Å². The fraction of sp³-hybridized carbons (Fsp3) is 0.318. The van der Waals surface area contributed by atoms with Crippen molar-refractivity contribution in [1.29, 1.82) is 5.41 Å². The second-order valence-corrected chi connectivity index (χ2v) is 8.26. The van der Waals surface area contributed by atoms with Crippen LogP contribution in [0.15, 0.2) is 54.1 Å². The van der Waals surface area contributed by atoms with Crippen LogP contribution in [0.1, 0.15) is 29.4 Å². The lowest BCUT2D eigenvalue weighted by Crippen LogP contribution is -2.48. The number of likely N-dealkylation sites (tertiary alicyclic amines) is 1. The zero-order chi connectivity index (χ0) is 21.5. The van der Waals surface area contributed by atoms with Gasteiger partial charge >= 0.3 is 0 Å². The molecule has 8 heteroatoms. The molecule has 1 aliphatic heterocycles. The van der Waals surface area contributed by atoms with Crippen LogP contribution >= 0.6 is 11.3 Å². The lowest BCUT2D eigenvalue weighted by Gasteiger charge is -2.36. The topological polar surface area (TPSA) is 88.5 Å². The Balaban J connectivity index is 1.71. The molecule has 0 atom stereocenters. The van der Waals surface area contributed by atoms with Crippen LogP contribution in [0.25, 0.3) is 0 Å². The summed E-state index contributed by atoms with van der Waals surface area (Å²) in [6, 6.07) is 11.0. The van der Waals surface area contributed by atoms with Gasteiger partial charge in [0.1, 0.15) is 5.84 Å². The monoisotopic (exact) mass is 425 g/mol. The number of rotatable bonds is 6. The van der Waals surface area contributed by atoms with Gasteiger partial charge in [-0.05, 0) is 68.7 Å². The van der Waals surface area contributed by atoms with Crippen LogP contribution < -0.4 is 10.6 Å². The molecule has 1 aromatic heterocycles. The molecule has 0 spiro atoms. The van der Waals surface area contributed by atoms with Crippen molar-refractivity contribution in [3.8, 4) is 0 Å². The smallest absolute Gasteiger partial charge is 0.269 e. The van der Waals surface area contributed by atoms with Crippen molar-refractivity contribution in [2.24, 2.45) is 0 Å². The average Bonchev–Trinajstić information content (AvgIpc) is 3.24. The summed E-state index contributed by atoms with van der Waals surface area (Å²) in [5.74, 6) is -0.0966. The number of carbonyl (C=O) groups excluding carboxylic acids is 2. The van der Waals surface area contributed by atoms with E-state index >= 15 is 0 Å². The van der Waals surface area contributed by atoms with Gasteiger partial charge in [-0.2, -0.15) is 0 Å². The molecule has 2 amide bonds. The summed E-state index contributed by atoms with van der Waals surface area (Å²) in [5.41, 5.74) is 1.47. The predicted octanol–water partition coefficient (Wildman–Crippen LogP) is 3.85. The van der Waals surface area contributed by atoms with Gasteiger partial charge in [0, 0.05) is 30.5 Å². The number of amidine groups is 1. The van der Waals surface area contributed by atoms with Crippen LogP contribution in [-0.4, -0.2) is 53.6 Å². The van der Waals surface area contributed by atoms with Crippen LogP contribution in [-0.2, 0) is 4.79 Å². The molecule has 2 aromatic rings. The van der Waals surface area contributed by atoms with E-state index in [0.717, 1.165) is 31.6 Å². The molecule has 2 heterocycles. The van der Waals surface area contributed by atoms with Gasteiger partial charge in [0.2, 0.25) is 5.91 Å². The maximum absolute atomic E-state index is 13.1. The second kappa shape index (κ2) is 10.2. The van der Waals surface area contributed by atoms with Gasteiger partial charge in [0.05, 0.1) is 4.88 Å². The maximum Gasteiger partial charge on any atom is 0.269 e. The SMILES string of the molecule is CC(=O)Nc1cccc(N/C=C\C(=N)N(C(=O)c2cccs2)C2CCN(C)CC2)c1. The zero-order valence-corrected chi connectivity index (χ0v) is 18.0. The molecule has 0 unspecified atom stereocenters. The molecule has 158 valence electrons. The number of piperidine rings is 1. The fourth-order valence-electron chi connectivity index (χ4n) is 3.43. The minimum absolute atomic E-state index is 0.0102. The number of hydrogen-bond acceptors (Lipinski definition) is 6. The molecular formula is C22H27N5O2S. The highest BCUT2D eigenvalue weighted by Crippen LogP contribution is 2.21. The van der Waals surface area contributed by atoms with Gasteiger partial charge in [0.25, 0.3) is 5.91 Å². The van der Waals surface area contributed by atoms with E-state index < -0.39 is 0 Å². The van der Waals surface area contributed by atoms with Gasteiger partial charge in [-0.15, -0.1) is 11.3 Å². The van der Waals surface area contributed by atoms with E-state index in [-0.39, 0.29) is 23.7 Å². The molecular weight excluding hydrogens is 398 g/mol. The molecule has 7 nitrogen and oxygen atoms in total. The number of carbonyl (C=O) groups is 2. The Kier molecular flexibility index (Phi) is 7.37. The maximum atomic E-state index is 13.1. The normalized spacial score (nSPS) is 15.1. The first kappa shape index (κ1) is 21.7. The highest BCUT2D eigenvalue weighted by Gasteiger charge is 2.30. The van der Waals surface area contributed by atoms with E-state index in [1.807, 2.05) is 23.6 Å². The first-order valence-electron chi connectivity index (χ1n) is 9.89. The van der Waals surface area contributed by atoms with Crippen molar-refractivity contribution in [2.45, 2.75) is 25.8 Å². The van der Waals surface area contributed by atoms with Crippen molar-refractivity contribution in [2.75, 3.05) is 30.8 Å². The van der Waals surface area contributed by atoms with Crippen LogP contribution in [0.2, 0.25) is 0 Å². The summed E-state index contributed by atoms with van der Waals surface area (Å²) in [7, 11) is 2.08. The summed E-state index contributed by atoms with van der Waals surface area (Å²) in [6.07, 6.45) is 4.94. The first-order valence-corrected chi connectivity index (χ1v) is 10.8. The Labute approximate surface area is 180 Å². The fourth-order valence-corrected chi connectivity index (χ4v) is 4.09. The number of benzene rings is 1. The van der Waals surface area contributed by atoms with E-state index in [9.17, 15) is 9.59 Å². The molecule has 1 saturated heterocycles. The van der Waals surface area contributed by atoms with Crippen molar-refractivity contribution < 1.29 is 9.59 Å². The van der Waals surface area contributed by atoms with Crippen molar-refractivity contribution in [3.05, 3.63) is 58.9 Å². The van der Waals surface area contributed by atoms with Gasteiger partial charge in [0.15, 0.2) is 0 Å². The summed E-state index contributed by atoms with van der Waals surface area (Å²) in [5, 5.41) is 16.3. The lowest BCUT2D eigenvalue weighted by molar-refractivity contribution is -0.114. The van der Waals surface area contributed by atoms with Gasteiger partial charge in [-0.25, -0.2) is 0 Å². The van der Waals surface area contributed by atoms with Gasteiger partial charge in [-0.3, -0.25) is 19.9 Å². The zero-order valence-electron chi connectivity index (χ0n) is 17.2. The molecule has 3 N–H and O–H groups in total. The summed E-state index contributed by atoms with van der Waals surface area (Å²) >= 11 is 1.40. The molecule has 1 fully saturated rings. The van der Waals surface area contributed by atoms with E-state index in [2.05, 4.69) is 22.6 Å². The highest BCUT2D eigenvalue weighted by molar-refractivity contribution is 7.12. The Morgan fingerprint density at radius 2 is 1.93 bits per heavy atom.